The Kier molecular flexibility index (Phi) is 15.3. The molecule has 2 atom stereocenters. The third kappa shape index (κ3) is 9.56. The summed E-state index contributed by atoms with van der Waals surface area (Å²) in [6.07, 6.45) is 6.08. The SMILES string of the molecule is CCOP(=O)(OCC)C(CC)CCCCCC(CC)P(=O)(OCC)OCC. The third-order valence-corrected chi connectivity index (χ3v) is 10.2. The van der Waals surface area contributed by atoms with Crippen molar-refractivity contribution in [3.8, 4) is 0 Å². The summed E-state index contributed by atoms with van der Waals surface area (Å²) in [7, 11) is -6.06. The summed E-state index contributed by atoms with van der Waals surface area (Å²) in [5.41, 5.74) is -0.116. The van der Waals surface area contributed by atoms with Crippen LogP contribution < -0.4 is 0 Å². The first-order valence-corrected chi connectivity index (χ1v) is 13.9. The van der Waals surface area contributed by atoms with Gasteiger partial charge in [0.25, 0.3) is 0 Å². The van der Waals surface area contributed by atoms with Crippen LogP contribution in [0.15, 0.2) is 0 Å². The first-order valence-electron chi connectivity index (χ1n) is 10.6. The van der Waals surface area contributed by atoms with Gasteiger partial charge in [-0.2, -0.15) is 0 Å². The van der Waals surface area contributed by atoms with Crippen LogP contribution >= 0.6 is 15.2 Å². The van der Waals surface area contributed by atoms with E-state index in [0.29, 0.717) is 26.4 Å². The van der Waals surface area contributed by atoms with Gasteiger partial charge < -0.3 is 18.1 Å². The zero-order valence-electron chi connectivity index (χ0n) is 18.3. The Morgan fingerprint density at radius 2 is 0.852 bits per heavy atom. The van der Waals surface area contributed by atoms with Crippen LogP contribution in [0.25, 0.3) is 0 Å². The van der Waals surface area contributed by atoms with Crippen LogP contribution in [0.2, 0.25) is 0 Å². The molecule has 0 aromatic carbocycles. The Labute approximate surface area is 167 Å². The standard InChI is InChI=1S/C19H42O6P2/c1-7-18(26(20,22-9-3)23-10-4)16-14-13-15-17-19(8-2)27(21,24-11-5)25-12-6/h18-19H,7-17H2,1-6H3. The molecule has 0 aromatic heterocycles. The highest BCUT2D eigenvalue weighted by atomic mass is 31.2. The summed E-state index contributed by atoms with van der Waals surface area (Å²) in [4.78, 5) is 0. The first-order chi connectivity index (χ1) is 12.9. The summed E-state index contributed by atoms with van der Waals surface area (Å²) < 4.78 is 47.8. The van der Waals surface area contributed by atoms with E-state index >= 15 is 0 Å². The predicted molar refractivity (Wildman–Crippen MR) is 113 cm³/mol. The second kappa shape index (κ2) is 15.2. The van der Waals surface area contributed by atoms with Crippen molar-refractivity contribution in [3.05, 3.63) is 0 Å². The molecular formula is C19H42O6P2. The Morgan fingerprint density at radius 3 is 1.07 bits per heavy atom. The van der Waals surface area contributed by atoms with Crippen LogP contribution in [-0.4, -0.2) is 37.7 Å². The molecule has 0 radical (unpaired) electrons. The van der Waals surface area contributed by atoms with Gasteiger partial charge >= 0.3 is 15.2 Å². The smallest absolute Gasteiger partial charge is 0.309 e. The molecule has 0 aromatic rings. The minimum absolute atomic E-state index is 0.0580. The largest absolute Gasteiger partial charge is 0.333 e. The molecule has 0 heterocycles. The molecule has 0 rings (SSSR count). The molecule has 0 N–H and O–H groups in total. The van der Waals surface area contributed by atoms with Gasteiger partial charge in [0.05, 0.1) is 37.7 Å². The minimum Gasteiger partial charge on any atom is -0.309 e. The van der Waals surface area contributed by atoms with Gasteiger partial charge in [0.2, 0.25) is 0 Å². The number of hydrogen-bond acceptors (Lipinski definition) is 6. The lowest BCUT2D eigenvalue weighted by Gasteiger charge is -2.26. The van der Waals surface area contributed by atoms with Gasteiger partial charge in [-0.1, -0.05) is 33.1 Å². The van der Waals surface area contributed by atoms with Gasteiger partial charge in [-0.3, -0.25) is 9.13 Å². The molecule has 164 valence electrons. The highest BCUT2D eigenvalue weighted by Gasteiger charge is 2.35. The fraction of sp³-hybridized carbons (Fsp3) is 1.00. The Hall–Kier alpha value is 0.300. The quantitative estimate of drug-likeness (QED) is 0.172. The average molecular weight is 428 g/mol. The van der Waals surface area contributed by atoms with Crippen LogP contribution in [0.4, 0.5) is 0 Å². The van der Waals surface area contributed by atoms with Crippen molar-refractivity contribution in [1.29, 1.82) is 0 Å². The molecule has 0 spiro atoms. The molecule has 0 saturated carbocycles. The van der Waals surface area contributed by atoms with E-state index in [-0.39, 0.29) is 11.3 Å². The van der Waals surface area contributed by atoms with Crippen molar-refractivity contribution in [1.82, 2.24) is 0 Å². The summed E-state index contributed by atoms with van der Waals surface area (Å²) in [5, 5.41) is 0. The van der Waals surface area contributed by atoms with E-state index in [0.717, 1.165) is 44.9 Å². The predicted octanol–water partition coefficient (Wildman–Crippen LogP) is 7.03. The second-order valence-electron chi connectivity index (χ2n) is 6.51. The van der Waals surface area contributed by atoms with Gasteiger partial charge in [-0.25, -0.2) is 0 Å². The maximum Gasteiger partial charge on any atom is 0.333 e. The molecule has 0 bridgehead atoms. The van der Waals surface area contributed by atoms with Gasteiger partial charge in [0.1, 0.15) is 0 Å². The minimum atomic E-state index is -3.03. The molecule has 2 unspecified atom stereocenters. The lowest BCUT2D eigenvalue weighted by atomic mass is 10.1. The molecule has 0 aliphatic carbocycles. The van der Waals surface area contributed by atoms with E-state index in [1.165, 1.54) is 0 Å². The van der Waals surface area contributed by atoms with Gasteiger partial charge in [-0.15, -0.1) is 0 Å². The van der Waals surface area contributed by atoms with E-state index in [2.05, 4.69) is 0 Å². The van der Waals surface area contributed by atoms with Crippen LogP contribution in [0.1, 0.15) is 86.5 Å². The molecule has 0 aliphatic rings. The lowest BCUT2D eigenvalue weighted by molar-refractivity contribution is 0.209. The lowest BCUT2D eigenvalue weighted by Crippen LogP contribution is -2.14. The van der Waals surface area contributed by atoms with Crippen molar-refractivity contribution in [2.24, 2.45) is 0 Å². The Balaban J connectivity index is 4.56. The molecule has 27 heavy (non-hydrogen) atoms. The Bertz CT molecular complexity index is 397. The van der Waals surface area contributed by atoms with Crippen LogP contribution in [0.5, 0.6) is 0 Å². The Morgan fingerprint density at radius 1 is 0.556 bits per heavy atom. The molecule has 0 fully saturated rings. The highest BCUT2D eigenvalue weighted by molar-refractivity contribution is 7.54. The van der Waals surface area contributed by atoms with E-state index < -0.39 is 15.2 Å². The van der Waals surface area contributed by atoms with Crippen molar-refractivity contribution < 1.29 is 27.2 Å². The van der Waals surface area contributed by atoms with Crippen LogP contribution in [0, 0.1) is 0 Å². The van der Waals surface area contributed by atoms with Gasteiger partial charge in [-0.05, 0) is 53.4 Å². The van der Waals surface area contributed by atoms with E-state index in [9.17, 15) is 9.13 Å². The summed E-state index contributed by atoms with van der Waals surface area (Å²) in [5.74, 6) is 0. The van der Waals surface area contributed by atoms with E-state index in [1.54, 1.807) is 0 Å². The molecular weight excluding hydrogens is 386 g/mol. The zero-order chi connectivity index (χ0) is 20.8. The highest BCUT2D eigenvalue weighted by Crippen LogP contribution is 2.57. The maximum absolute atomic E-state index is 12.9. The fourth-order valence-electron chi connectivity index (χ4n) is 3.32. The van der Waals surface area contributed by atoms with Gasteiger partial charge in [0.15, 0.2) is 0 Å². The molecule has 8 heteroatoms. The van der Waals surface area contributed by atoms with Gasteiger partial charge in [0, 0.05) is 0 Å². The number of hydrogen-bond donors (Lipinski definition) is 0. The van der Waals surface area contributed by atoms with Crippen LogP contribution in [-0.2, 0) is 27.2 Å². The third-order valence-electron chi connectivity index (χ3n) is 4.65. The van der Waals surface area contributed by atoms with Crippen molar-refractivity contribution in [3.63, 3.8) is 0 Å². The fourth-order valence-corrected chi connectivity index (χ4v) is 7.65. The molecule has 0 amide bonds. The van der Waals surface area contributed by atoms with E-state index in [1.807, 2.05) is 41.5 Å². The normalized spacial score (nSPS) is 15.0. The molecule has 0 saturated heterocycles. The van der Waals surface area contributed by atoms with Crippen molar-refractivity contribution >= 4 is 15.2 Å². The zero-order valence-corrected chi connectivity index (χ0v) is 20.1. The number of rotatable bonds is 18. The van der Waals surface area contributed by atoms with Crippen molar-refractivity contribution in [2.45, 2.75) is 97.8 Å². The second-order valence-corrected chi connectivity index (χ2v) is 11.2. The first kappa shape index (κ1) is 27.3. The monoisotopic (exact) mass is 428 g/mol. The number of unbranched alkanes of at least 4 members (excludes halogenated alkanes) is 2. The van der Waals surface area contributed by atoms with E-state index in [4.69, 9.17) is 18.1 Å². The van der Waals surface area contributed by atoms with Crippen LogP contribution in [0.3, 0.4) is 0 Å². The summed E-state index contributed by atoms with van der Waals surface area (Å²) in [6, 6.07) is 0. The topological polar surface area (TPSA) is 71.1 Å². The summed E-state index contributed by atoms with van der Waals surface area (Å²) >= 11 is 0. The molecule has 6 nitrogen and oxygen atoms in total. The molecule has 0 aliphatic heterocycles. The summed E-state index contributed by atoms with van der Waals surface area (Å²) in [6.45, 7) is 13.0. The maximum atomic E-state index is 12.9. The average Bonchev–Trinajstić information content (AvgIpc) is 2.61. The van der Waals surface area contributed by atoms with Crippen molar-refractivity contribution in [2.75, 3.05) is 26.4 Å².